The molecule has 0 aliphatic rings. The van der Waals surface area contributed by atoms with Gasteiger partial charge in [0, 0.05) is 13.0 Å². The van der Waals surface area contributed by atoms with Crippen molar-refractivity contribution in [3.63, 3.8) is 0 Å². The fraction of sp³-hybridized carbons (Fsp3) is 0.273. The Labute approximate surface area is 109 Å². The van der Waals surface area contributed by atoms with Gasteiger partial charge in [0.1, 0.15) is 5.82 Å². The number of ether oxygens (including phenoxy) is 1. The third kappa shape index (κ3) is 3.18. The van der Waals surface area contributed by atoms with Gasteiger partial charge in [-0.25, -0.2) is 9.78 Å². The molecule has 0 radical (unpaired) electrons. The molecule has 2 aromatic heterocycles. The summed E-state index contributed by atoms with van der Waals surface area (Å²) in [6.45, 7) is 0.504. The lowest BCUT2D eigenvalue weighted by atomic mass is 10.3. The van der Waals surface area contributed by atoms with Gasteiger partial charge in [0.05, 0.1) is 12.8 Å². The van der Waals surface area contributed by atoms with Gasteiger partial charge in [-0.15, -0.1) is 0 Å². The molecule has 0 amide bonds. The zero-order valence-corrected chi connectivity index (χ0v) is 10.3. The Hall–Kier alpha value is -2.64. The lowest BCUT2D eigenvalue weighted by molar-refractivity contribution is 0.0594. The minimum absolute atomic E-state index is 0.192. The Morgan fingerprint density at radius 2 is 2.37 bits per heavy atom. The number of rotatable bonds is 5. The van der Waals surface area contributed by atoms with Gasteiger partial charge < -0.3 is 20.3 Å². The average molecular weight is 263 g/mol. The van der Waals surface area contributed by atoms with Crippen LogP contribution in [0.1, 0.15) is 16.4 Å². The van der Waals surface area contributed by atoms with Crippen LogP contribution >= 0.6 is 0 Å². The summed E-state index contributed by atoms with van der Waals surface area (Å²) in [5.41, 5.74) is 6.40. The van der Waals surface area contributed by atoms with E-state index in [4.69, 9.17) is 10.3 Å². The van der Waals surface area contributed by atoms with Gasteiger partial charge in [0.2, 0.25) is 5.89 Å². The number of nitrogens with zero attached hydrogens (tertiary/aromatic N) is 3. The molecule has 8 heteroatoms. The number of anilines is 2. The monoisotopic (exact) mass is 263 g/mol. The Morgan fingerprint density at radius 3 is 3.05 bits per heavy atom. The van der Waals surface area contributed by atoms with Gasteiger partial charge in [-0.05, 0) is 12.1 Å². The van der Waals surface area contributed by atoms with E-state index in [1.165, 1.54) is 19.5 Å². The number of aromatic nitrogens is 3. The number of hydrogen-bond acceptors (Lipinski definition) is 8. The minimum atomic E-state index is -0.514. The lowest BCUT2D eigenvalue weighted by Gasteiger charge is -2.08. The summed E-state index contributed by atoms with van der Waals surface area (Å²) in [4.78, 5) is 19.3. The fourth-order valence-electron chi connectivity index (χ4n) is 1.42. The third-order valence-corrected chi connectivity index (χ3v) is 2.36. The highest BCUT2D eigenvalue weighted by Crippen LogP contribution is 2.16. The summed E-state index contributed by atoms with van der Waals surface area (Å²) < 4.78 is 9.45. The average Bonchev–Trinajstić information content (AvgIpc) is 2.93. The standard InChI is InChI=1S/C11H13N5O3/c1-18-11(17)8-3-2-7(12)10(16-8)13-5-4-9-14-6-15-19-9/h2-3,6H,4-5,12H2,1H3,(H,13,16). The first kappa shape index (κ1) is 12.8. The summed E-state index contributed by atoms with van der Waals surface area (Å²) in [6.07, 6.45) is 1.86. The first-order valence-electron chi connectivity index (χ1n) is 5.55. The molecule has 0 aliphatic carbocycles. The lowest BCUT2D eigenvalue weighted by Crippen LogP contribution is -2.12. The van der Waals surface area contributed by atoms with Crippen LogP contribution < -0.4 is 11.1 Å². The predicted molar refractivity (Wildman–Crippen MR) is 66.5 cm³/mol. The Balaban J connectivity index is 2.00. The molecule has 2 heterocycles. The number of carbonyl (C=O) groups is 1. The van der Waals surface area contributed by atoms with Crippen LogP contribution in [-0.4, -0.2) is 34.7 Å². The van der Waals surface area contributed by atoms with Crippen LogP contribution in [-0.2, 0) is 11.2 Å². The number of pyridine rings is 1. The molecule has 100 valence electrons. The smallest absolute Gasteiger partial charge is 0.356 e. The summed E-state index contributed by atoms with van der Waals surface area (Å²) in [7, 11) is 1.29. The molecule has 0 saturated heterocycles. The largest absolute Gasteiger partial charge is 0.464 e. The number of nitrogens with one attached hydrogen (secondary N) is 1. The van der Waals surface area contributed by atoms with Crippen LogP contribution in [0.2, 0.25) is 0 Å². The van der Waals surface area contributed by atoms with Gasteiger partial charge in [0.25, 0.3) is 0 Å². The Bertz CT molecular complexity index is 555. The topological polar surface area (TPSA) is 116 Å². The predicted octanol–water partition coefficient (Wildman–Crippen LogP) is 0.488. The fourth-order valence-corrected chi connectivity index (χ4v) is 1.42. The number of hydrogen-bond donors (Lipinski definition) is 2. The molecule has 8 nitrogen and oxygen atoms in total. The van der Waals surface area contributed by atoms with Crippen molar-refractivity contribution in [2.24, 2.45) is 0 Å². The van der Waals surface area contributed by atoms with E-state index in [0.717, 1.165) is 0 Å². The molecule has 0 bridgehead atoms. The quantitative estimate of drug-likeness (QED) is 0.748. The molecule has 19 heavy (non-hydrogen) atoms. The Kier molecular flexibility index (Phi) is 3.91. The zero-order chi connectivity index (χ0) is 13.7. The van der Waals surface area contributed by atoms with Gasteiger partial charge in [0.15, 0.2) is 12.0 Å². The molecular formula is C11H13N5O3. The normalized spacial score (nSPS) is 10.2. The number of nitrogen functional groups attached to an aromatic ring is 1. The highest BCUT2D eigenvalue weighted by Gasteiger charge is 2.10. The van der Waals surface area contributed by atoms with E-state index in [-0.39, 0.29) is 5.69 Å². The first-order chi connectivity index (χ1) is 9.20. The maximum atomic E-state index is 11.4. The molecule has 0 unspecified atom stereocenters. The summed E-state index contributed by atoms with van der Waals surface area (Å²) in [6, 6.07) is 3.10. The SMILES string of the molecule is COC(=O)c1ccc(N)c(NCCc2ncno2)n1. The van der Waals surface area contributed by atoms with Crippen LogP contribution in [0.5, 0.6) is 0 Å². The van der Waals surface area contributed by atoms with E-state index in [2.05, 4.69) is 25.2 Å². The van der Waals surface area contributed by atoms with Crippen LogP contribution in [0.3, 0.4) is 0 Å². The molecule has 0 spiro atoms. The van der Waals surface area contributed by atoms with Crippen molar-refractivity contribution in [2.75, 3.05) is 24.7 Å². The number of nitrogens with two attached hydrogens (primary N) is 1. The van der Waals surface area contributed by atoms with Crippen molar-refractivity contribution < 1.29 is 14.1 Å². The van der Waals surface area contributed by atoms with E-state index in [9.17, 15) is 4.79 Å². The number of carbonyl (C=O) groups excluding carboxylic acids is 1. The number of esters is 1. The van der Waals surface area contributed by atoms with Gasteiger partial charge in [-0.1, -0.05) is 5.16 Å². The molecule has 2 rings (SSSR count). The molecule has 0 aromatic carbocycles. The summed E-state index contributed by atoms with van der Waals surface area (Å²) in [5.74, 6) is 0.414. The summed E-state index contributed by atoms with van der Waals surface area (Å²) >= 11 is 0. The van der Waals surface area contributed by atoms with Crippen molar-refractivity contribution >= 4 is 17.5 Å². The van der Waals surface area contributed by atoms with Crippen LogP contribution in [0.25, 0.3) is 0 Å². The highest BCUT2D eigenvalue weighted by molar-refractivity contribution is 5.88. The van der Waals surface area contributed by atoms with E-state index >= 15 is 0 Å². The molecule has 0 saturated carbocycles. The molecule has 0 aliphatic heterocycles. The molecule has 0 fully saturated rings. The summed E-state index contributed by atoms with van der Waals surface area (Å²) in [5, 5.41) is 6.50. The van der Waals surface area contributed by atoms with E-state index in [0.29, 0.717) is 30.4 Å². The van der Waals surface area contributed by atoms with Gasteiger partial charge in [-0.2, -0.15) is 4.98 Å². The van der Waals surface area contributed by atoms with E-state index in [1.54, 1.807) is 6.07 Å². The maximum Gasteiger partial charge on any atom is 0.356 e. The second-order valence-electron chi connectivity index (χ2n) is 3.64. The highest BCUT2D eigenvalue weighted by atomic mass is 16.5. The van der Waals surface area contributed by atoms with Crippen molar-refractivity contribution in [2.45, 2.75) is 6.42 Å². The van der Waals surface area contributed by atoms with E-state index < -0.39 is 5.97 Å². The number of methoxy groups -OCH3 is 1. The third-order valence-electron chi connectivity index (χ3n) is 2.36. The van der Waals surface area contributed by atoms with Crippen molar-refractivity contribution in [3.05, 3.63) is 30.0 Å². The van der Waals surface area contributed by atoms with Crippen LogP contribution in [0.4, 0.5) is 11.5 Å². The zero-order valence-electron chi connectivity index (χ0n) is 10.3. The second-order valence-corrected chi connectivity index (χ2v) is 3.64. The van der Waals surface area contributed by atoms with Gasteiger partial charge in [-0.3, -0.25) is 0 Å². The van der Waals surface area contributed by atoms with Crippen molar-refractivity contribution in [1.29, 1.82) is 0 Å². The Morgan fingerprint density at radius 1 is 1.53 bits per heavy atom. The van der Waals surface area contributed by atoms with Crippen LogP contribution in [0, 0.1) is 0 Å². The van der Waals surface area contributed by atoms with Crippen molar-refractivity contribution in [1.82, 2.24) is 15.1 Å². The molecule has 2 aromatic rings. The van der Waals surface area contributed by atoms with E-state index in [1.807, 2.05) is 0 Å². The molecule has 0 atom stereocenters. The maximum absolute atomic E-state index is 11.4. The van der Waals surface area contributed by atoms with Crippen LogP contribution in [0.15, 0.2) is 23.0 Å². The molecule has 3 N–H and O–H groups in total. The minimum Gasteiger partial charge on any atom is -0.464 e. The van der Waals surface area contributed by atoms with Gasteiger partial charge >= 0.3 is 5.97 Å². The second kappa shape index (κ2) is 5.80. The van der Waals surface area contributed by atoms with Crippen molar-refractivity contribution in [3.8, 4) is 0 Å². The molecular weight excluding hydrogens is 250 g/mol. The first-order valence-corrected chi connectivity index (χ1v) is 5.55.